The van der Waals surface area contributed by atoms with E-state index in [4.69, 9.17) is 74.5 Å². The predicted molar refractivity (Wildman–Crippen MR) is 250 cm³/mol. The molecule has 0 aliphatic carbocycles. The van der Waals surface area contributed by atoms with Gasteiger partial charge < -0.3 is 28.9 Å². The number of rotatable bonds is 16. The molecule has 2 N–H and O–H groups in total. The van der Waals surface area contributed by atoms with Gasteiger partial charge in [-0.05, 0) is 49.9 Å². The number of hydrogen-bond donors (Lipinski definition) is 2. The van der Waals surface area contributed by atoms with Gasteiger partial charge in [0.15, 0.2) is 23.3 Å². The second-order valence-corrected chi connectivity index (χ2v) is 14.9. The molecule has 2 aliphatic rings. The van der Waals surface area contributed by atoms with Crippen LogP contribution in [0.5, 0.6) is 23.0 Å². The SMILES string of the molecule is C#CCCCOc1cccc2c1-c1nc-2nc2[nH]c(nc3nc(nc4[nH]c(n1)c1cccc(OCCCC#C)c41)-c1cccc(OCCCC#C)c1-3)c1cccc(OCCCC#C)c21. The first-order valence-corrected chi connectivity index (χ1v) is 21.2. The molecule has 9 rings (SSSR count). The molecule has 8 bridgehead atoms. The van der Waals surface area contributed by atoms with E-state index in [1.807, 2.05) is 72.8 Å². The van der Waals surface area contributed by atoms with E-state index in [1.165, 1.54) is 0 Å². The van der Waals surface area contributed by atoms with E-state index in [-0.39, 0.29) is 0 Å². The summed E-state index contributed by atoms with van der Waals surface area (Å²) in [6.45, 7) is 1.63. The number of aromatic amines is 2. The van der Waals surface area contributed by atoms with Crippen LogP contribution in [-0.4, -0.2) is 66.3 Å². The summed E-state index contributed by atoms with van der Waals surface area (Å²) in [7, 11) is 0. The van der Waals surface area contributed by atoms with Crippen LogP contribution in [0.3, 0.4) is 0 Å². The average molecular weight is 843 g/mol. The molecule has 0 radical (unpaired) electrons. The van der Waals surface area contributed by atoms with E-state index in [0.717, 1.165) is 21.9 Å². The minimum atomic E-state index is 0.390. The van der Waals surface area contributed by atoms with Crippen molar-refractivity contribution in [3.8, 4) is 118 Å². The summed E-state index contributed by atoms with van der Waals surface area (Å²) in [6, 6.07) is 23.2. The molecule has 0 unspecified atom stereocenters. The van der Waals surface area contributed by atoms with Gasteiger partial charge in [0.2, 0.25) is 0 Å². The fraction of sp³-hybridized carbons (Fsp3) is 0.231. The number of nitrogens with one attached hydrogen (secondary N) is 2. The van der Waals surface area contributed by atoms with Crippen molar-refractivity contribution >= 4 is 44.1 Å². The van der Waals surface area contributed by atoms with E-state index < -0.39 is 0 Å². The summed E-state index contributed by atoms with van der Waals surface area (Å²) in [4.78, 5) is 38.2. The molecule has 314 valence electrons. The van der Waals surface area contributed by atoms with Crippen LogP contribution in [0.15, 0.2) is 72.8 Å². The van der Waals surface area contributed by atoms with E-state index >= 15 is 0 Å². The van der Waals surface area contributed by atoms with Crippen molar-refractivity contribution in [2.75, 3.05) is 26.4 Å². The van der Waals surface area contributed by atoms with Crippen LogP contribution in [0, 0.1) is 49.4 Å². The summed E-state index contributed by atoms with van der Waals surface area (Å²) in [5.74, 6) is 14.8. The molecule has 3 aromatic heterocycles. The van der Waals surface area contributed by atoms with Crippen LogP contribution in [-0.2, 0) is 0 Å². The zero-order valence-electron chi connectivity index (χ0n) is 35.0. The first-order valence-electron chi connectivity index (χ1n) is 21.2. The van der Waals surface area contributed by atoms with Crippen molar-refractivity contribution in [2.45, 2.75) is 51.4 Å². The number of fused-ring (bicyclic) bond motifs is 20. The Morgan fingerprint density at radius 3 is 1.12 bits per heavy atom. The molecule has 0 saturated heterocycles. The number of benzene rings is 4. The van der Waals surface area contributed by atoms with E-state index in [9.17, 15) is 0 Å². The molecule has 7 aromatic rings. The maximum absolute atomic E-state index is 6.39. The minimum absolute atomic E-state index is 0.390. The molecule has 0 atom stereocenters. The molecule has 64 heavy (non-hydrogen) atoms. The quantitative estimate of drug-likeness (QED) is 0.0712. The maximum atomic E-state index is 6.39. The first kappa shape index (κ1) is 41.1. The lowest BCUT2D eigenvalue weighted by molar-refractivity contribution is 0.314. The number of nitrogens with zero attached hydrogens (tertiary/aromatic N) is 6. The maximum Gasteiger partial charge on any atom is 0.168 e. The monoisotopic (exact) mass is 842 g/mol. The van der Waals surface area contributed by atoms with Gasteiger partial charge in [-0.1, -0.05) is 48.5 Å². The summed E-state index contributed by atoms with van der Waals surface area (Å²) < 4.78 is 25.5. The molecule has 0 saturated carbocycles. The summed E-state index contributed by atoms with van der Waals surface area (Å²) in [5.41, 5.74) is 4.77. The molecular weight excluding hydrogens is 801 g/mol. The summed E-state index contributed by atoms with van der Waals surface area (Å²) in [5, 5.41) is 2.93. The van der Waals surface area contributed by atoms with Gasteiger partial charge in [0.1, 0.15) is 45.6 Å². The highest BCUT2D eigenvalue weighted by Gasteiger charge is 2.27. The number of H-pyrrole nitrogens is 2. The zero-order chi connectivity index (χ0) is 43.8. The fourth-order valence-corrected chi connectivity index (χ4v) is 7.76. The Bertz CT molecular complexity index is 3050. The van der Waals surface area contributed by atoms with Crippen LogP contribution in [0.25, 0.3) is 89.7 Å². The summed E-state index contributed by atoms with van der Waals surface area (Å²) >= 11 is 0. The van der Waals surface area contributed by atoms with Gasteiger partial charge in [-0.25, -0.2) is 29.9 Å². The number of ether oxygens (including phenoxy) is 4. The van der Waals surface area contributed by atoms with Gasteiger partial charge in [-0.15, -0.1) is 49.4 Å². The Labute approximate surface area is 370 Å². The highest BCUT2D eigenvalue weighted by atomic mass is 16.5. The van der Waals surface area contributed by atoms with Crippen molar-refractivity contribution in [3.05, 3.63) is 72.8 Å². The molecule has 0 amide bonds. The van der Waals surface area contributed by atoms with Crippen molar-refractivity contribution in [1.29, 1.82) is 0 Å². The lowest BCUT2D eigenvalue weighted by Gasteiger charge is -2.09. The number of aromatic nitrogens is 8. The lowest BCUT2D eigenvalue weighted by atomic mass is 10.1. The van der Waals surface area contributed by atoms with E-state index in [1.54, 1.807) is 0 Å². The molecule has 5 heterocycles. The highest BCUT2D eigenvalue weighted by molar-refractivity contribution is 6.10. The van der Waals surface area contributed by atoms with E-state index in [0.29, 0.717) is 169 Å². The largest absolute Gasteiger partial charge is 0.493 e. The van der Waals surface area contributed by atoms with Crippen LogP contribution in [0.2, 0.25) is 0 Å². The van der Waals surface area contributed by atoms with Crippen molar-refractivity contribution in [1.82, 2.24) is 39.9 Å². The predicted octanol–water partition coefficient (Wildman–Crippen LogP) is 10.0. The molecule has 4 aromatic carbocycles. The van der Waals surface area contributed by atoms with Crippen molar-refractivity contribution in [2.24, 2.45) is 0 Å². The smallest absolute Gasteiger partial charge is 0.168 e. The van der Waals surface area contributed by atoms with Gasteiger partial charge in [-0.3, -0.25) is 0 Å². The molecule has 12 nitrogen and oxygen atoms in total. The first-order chi connectivity index (χ1) is 31.6. The standard InChI is InChI=1S/C52H42N8O4/c1-5-9-13-29-61-37-25-17-21-33-41(37)49-53-45(33)58-50-43-35(23-19-27-39(43)63-31-15-11-7-3)47(55-50)60-52-44-36(24-20-28-40(44)64-32-16-12-8-4)48(56-52)59-51-42-34(46(54-51)57-49)22-18-26-38(42)62-30-14-10-6-2/h1-4,17-28H,9-16,29-32H2,(H2,53,54,55,56,57,58,59,60). The topological polar surface area (TPSA) is 146 Å². The van der Waals surface area contributed by atoms with Gasteiger partial charge in [0, 0.05) is 47.6 Å². The number of unbranched alkanes of at least 4 members (excludes halogenated alkanes) is 4. The van der Waals surface area contributed by atoms with Crippen LogP contribution < -0.4 is 18.9 Å². The zero-order valence-corrected chi connectivity index (χ0v) is 35.0. The summed E-state index contributed by atoms with van der Waals surface area (Å²) in [6.07, 6.45) is 27.3. The number of terminal acetylenes is 4. The fourth-order valence-electron chi connectivity index (χ4n) is 7.76. The molecule has 0 fully saturated rings. The average Bonchev–Trinajstić information content (AvgIpc) is 4.06. The second kappa shape index (κ2) is 18.7. The second-order valence-electron chi connectivity index (χ2n) is 14.9. The third-order valence-electron chi connectivity index (χ3n) is 10.7. The lowest BCUT2D eigenvalue weighted by Crippen LogP contribution is -1.99. The van der Waals surface area contributed by atoms with Crippen LogP contribution >= 0.6 is 0 Å². The number of hydrogen-bond acceptors (Lipinski definition) is 10. The molecule has 12 heteroatoms. The Hall–Kier alpha value is -8.32. The van der Waals surface area contributed by atoms with Gasteiger partial charge in [-0.2, -0.15) is 0 Å². The Morgan fingerprint density at radius 2 is 0.734 bits per heavy atom. The highest BCUT2D eigenvalue weighted by Crippen LogP contribution is 2.44. The van der Waals surface area contributed by atoms with Gasteiger partial charge >= 0.3 is 0 Å². The third kappa shape index (κ3) is 8.09. The van der Waals surface area contributed by atoms with Crippen molar-refractivity contribution in [3.63, 3.8) is 0 Å². The Kier molecular flexibility index (Phi) is 12.0. The van der Waals surface area contributed by atoms with E-state index in [2.05, 4.69) is 33.6 Å². The Balaban J connectivity index is 1.37. The minimum Gasteiger partial charge on any atom is -0.493 e. The van der Waals surface area contributed by atoms with Gasteiger partial charge in [0.25, 0.3) is 0 Å². The Morgan fingerprint density at radius 1 is 0.391 bits per heavy atom. The molecule has 2 aliphatic heterocycles. The normalized spacial score (nSPS) is 11.2. The molecular formula is C52H42N8O4. The third-order valence-corrected chi connectivity index (χ3v) is 10.7. The van der Waals surface area contributed by atoms with Crippen LogP contribution in [0.1, 0.15) is 51.4 Å². The molecule has 0 spiro atoms. The van der Waals surface area contributed by atoms with Crippen molar-refractivity contribution < 1.29 is 18.9 Å². The van der Waals surface area contributed by atoms with Crippen LogP contribution in [0.4, 0.5) is 0 Å². The van der Waals surface area contributed by atoms with Gasteiger partial charge in [0.05, 0.1) is 48.3 Å².